The van der Waals surface area contributed by atoms with Crippen LogP contribution in [-0.4, -0.2) is 66.1 Å². The van der Waals surface area contributed by atoms with E-state index < -0.39 is 0 Å². The van der Waals surface area contributed by atoms with E-state index in [9.17, 15) is 0 Å². The Labute approximate surface area is 151 Å². The summed E-state index contributed by atoms with van der Waals surface area (Å²) < 4.78 is 6.29. The second kappa shape index (κ2) is 7.56. The van der Waals surface area contributed by atoms with E-state index in [4.69, 9.17) is 9.73 Å². The van der Waals surface area contributed by atoms with Crippen LogP contribution in [0.1, 0.15) is 32.3 Å². The number of nitrogens with zero attached hydrogens (tertiary/aromatic N) is 4. The molecule has 3 fully saturated rings. The van der Waals surface area contributed by atoms with E-state index in [1.807, 2.05) is 12.3 Å². The highest BCUT2D eigenvalue weighted by Crippen LogP contribution is 2.40. The van der Waals surface area contributed by atoms with Gasteiger partial charge in [0.05, 0.1) is 33.7 Å². The number of methoxy groups -OCH3 is 1. The summed E-state index contributed by atoms with van der Waals surface area (Å²) in [7, 11) is 4.06. The van der Waals surface area contributed by atoms with Gasteiger partial charge in [0, 0.05) is 24.4 Å². The van der Waals surface area contributed by atoms with Gasteiger partial charge in [-0.2, -0.15) is 0 Å². The number of ether oxygens (including phenoxy) is 1. The second-order valence-corrected chi connectivity index (χ2v) is 7.31. The third-order valence-corrected chi connectivity index (χ3v) is 5.75. The number of piperazine rings is 1. The number of likely N-dealkylation sites (N-methyl/N-ethyl adjacent to an activating group) is 1. The summed E-state index contributed by atoms with van der Waals surface area (Å²) in [6.07, 6.45) is 8.76. The molecular formula is C20H31N4O+. The van der Waals surface area contributed by atoms with Crippen molar-refractivity contribution in [2.24, 2.45) is 4.99 Å². The molecule has 0 spiro atoms. The van der Waals surface area contributed by atoms with Crippen molar-refractivity contribution in [3.63, 3.8) is 0 Å². The zero-order chi connectivity index (χ0) is 17.9. The Morgan fingerprint density at radius 2 is 2.12 bits per heavy atom. The van der Waals surface area contributed by atoms with Crippen LogP contribution in [0.2, 0.25) is 0 Å². The SMILES string of the molecule is CC/C=C\C(=N/CC)N1CC2CC(C1)[N+]2(C)Cc1ccc(OC)nc1. The lowest BCUT2D eigenvalue weighted by Gasteiger charge is -2.62. The standard InChI is InChI=1S/C20H31N4O/c1-5-7-8-19(21-6-2)23-13-17-11-18(14-23)24(17,3)15-16-9-10-20(25-4)22-12-16/h7-10,12,17-18H,5-6,11,13-15H2,1-4H3/q+1/b8-7-,21-19+. The Kier molecular flexibility index (Phi) is 5.42. The van der Waals surface area contributed by atoms with E-state index in [1.54, 1.807) is 7.11 Å². The van der Waals surface area contributed by atoms with E-state index in [-0.39, 0.29) is 0 Å². The number of hydrogen-bond donors (Lipinski definition) is 0. The Bertz CT molecular complexity index is 626. The van der Waals surface area contributed by atoms with Crippen molar-refractivity contribution in [1.82, 2.24) is 9.88 Å². The van der Waals surface area contributed by atoms with Crippen molar-refractivity contribution in [2.45, 2.75) is 45.3 Å². The number of aromatic nitrogens is 1. The number of hydrogen-bond acceptors (Lipinski definition) is 3. The molecule has 136 valence electrons. The maximum atomic E-state index is 5.17. The molecule has 3 aliphatic heterocycles. The van der Waals surface area contributed by atoms with Gasteiger partial charge in [-0.1, -0.05) is 13.0 Å². The zero-order valence-electron chi connectivity index (χ0n) is 16.0. The van der Waals surface area contributed by atoms with Crippen LogP contribution in [0.4, 0.5) is 0 Å². The summed E-state index contributed by atoms with van der Waals surface area (Å²) in [6, 6.07) is 5.47. The Balaban J connectivity index is 1.67. The first kappa shape index (κ1) is 17.9. The van der Waals surface area contributed by atoms with E-state index in [1.165, 1.54) is 12.0 Å². The average Bonchev–Trinajstić information content (AvgIpc) is 2.65. The molecule has 3 saturated heterocycles. The predicted molar refractivity (Wildman–Crippen MR) is 102 cm³/mol. The van der Waals surface area contributed by atoms with Gasteiger partial charge >= 0.3 is 0 Å². The molecule has 0 radical (unpaired) electrons. The molecule has 0 amide bonds. The smallest absolute Gasteiger partial charge is 0.212 e. The fourth-order valence-corrected chi connectivity index (χ4v) is 4.17. The predicted octanol–water partition coefficient (Wildman–Crippen LogP) is 2.88. The van der Waals surface area contributed by atoms with Crippen LogP contribution < -0.4 is 4.74 Å². The van der Waals surface area contributed by atoms with Gasteiger partial charge in [-0.25, -0.2) is 4.98 Å². The van der Waals surface area contributed by atoms with Crippen LogP contribution in [0.3, 0.4) is 0 Å². The molecule has 25 heavy (non-hydrogen) atoms. The highest BCUT2D eigenvalue weighted by molar-refractivity contribution is 5.93. The zero-order valence-corrected chi connectivity index (χ0v) is 16.0. The molecule has 2 unspecified atom stereocenters. The molecule has 0 aliphatic carbocycles. The minimum atomic E-state index is 0.679. The van der Waals surface area contributed by atoms with Crippen molar-refractivity contribution in [3.8, 4) is 5.88 Å². The van der Waals surface area contributed by atoms with Crippen molar-refractivity contribution in [3.05, 3.63) is 36.0 Å². The van der Waals surface area contributed by atoms with Gasteiger partial charge in [0.2, 0.25) is 5.88 Å². The van der Waals surface area contributed by atoms with Crippen LogP contribution in [0.5, 0.6) is 5.88 Å². The largest absolute Gasteiger partial charge is 0.481 e. The molecule has 5 nitrogen and oxygen atoms in total. The van der Waals surface area contributed by atoms with Gasteiger partial charge < -0.3 is 14.1 Å². The molecule has 0 saturated carbocycles. The maximum Gasteiger partial charge on any atom is 0.212 e. The Morgan fingerprint density at radius 1 is 1.36 bits per heavy atom. The molecule has 5 heteroatoms. The van der Waals surface area contributed by atoms with Gasteiger partial charge in [0.1, 0.15) is 24.5 Å². The third kappa shape index (κ3) is 3.56. The summed E-state index contributed by atoms with van der Waals surface area (Å²) in [4.78, 5) is 11.6. The number of amidine groups is 1. The summed E-state index contributed by atoms with van der Waals surface area (Å²) in [5.41, 5.74) is 1.29. The molecule has 4 heterocycles. The molecule has 0 aromatic carbocycles. The number of fused-ring (bicyclic) bond motifs is 2. The Hall–Kier alpha value is -1.88. The normalized spacial score (nSPS) is 29.0. The topological polar surface area (TPSA) is 37.7 Å². The minimum absolute atomic E-state index is 0.679. The lowest BCUT2D eigenvalue weighted by Crippen LogP contribution is -2.77. The fraction of sp³-hybridized carbons (Fsp3) is 0.600. The molecular weight excluding hydrogens is 312 g/mol. The molecule has 2 atom stereocenters. The number of pyridine rings is 1. The van der Waals surface area contributed by atoms with Crippen LogP contribution >= 0.6 is 0 Å². The molecule has 3 aliphatic rings. The van der Waals surface area contributed by atoms with Crippen LogP contribution in [-0.2, 0) is 6.54 Å². The molecule has 0 N–H and O–H groups in total. The monoisotopic (exact) mass is 343 g/mol. The lowest BCUT2D eigenvalue weighted by molar-refractivity contribution is -1.01. The van der Waals surface area contributed by atoms with Gasteiger partial charge in [-0.05, 0) is 25.5 Å². The van der Waals surface area contributed by atoms with Crippen LogP contribution in [0.25, 0.3) is 0 Å². The van der Waals surface area contributed by atoms with Crippen LogP contribution in [0, 0.1) is 0 Å². The number of aliphatic imine (C=N–C) groups is 1. The quantitative estimate of drug-likeness (QED) is 0.453. The number of allylic oxidation sites excluding steroid dienone is 1. The highest BCUT2D eigenvalue weighted by Gasteiger charge is 2.56. The first-order chi connectivity index (χ1) is 12.1. The van der Waals surface area contributed by atoms with Gasteiger partial charge in [0.15, 0.2) is 0 Å². The van der Waals surface area contributed by atoms with Gasteiger partial charge in [-0.3, -0.25) is 4.99 Å². The summed E-state index contributed by atoms with van der Waals surface area (Å²) in [5.74, 6) is 1.85. The van der Waals surface area contributed by atoms with Crippen molar-refractivity contribution in [2.75, 3.05) is 33.8 Å². The Morgan fingerprint density at radius 3 is 2.68 bits per heavy atom. The number of piperidine rings is 1. The van der Waals surface area contributed by atoms with Crippen molar-refractivity contribution in [1.29, 1.82) is 0 Å². The van der Waals surface area contributed by atoms with Crippen molar-refractivity contribution >= 4 is 5.84 Å². The number of rotatable bonds is 6. The molecule has 1 aromatic heterocycles. The summed E-state index contributed by atoms with van der Waals surface area (Å²) >= 11 is 0. The summed E-state index contributed by atoms with van der Waals surface area (Å²) in [5, 5.41) is 0. The highest BCUT2D eigenvalue weighted by atomic mass is 16.5. The number of quaternary nitrogens is 1. The van der Waals surface area contributed by atoms with Gasteiger partial charge in [0.25, 0.3) is 0 Å². The second-order valence-electron chi connectivity index (χ2n) is 7.31. The summed E-state index contributed by atoms with van der Waals surface area (Å²) in [6.45, 7) is 8.38. The third-order valence-electron chi connectivity index (χ3n) is 5.75. The van der Waals surface area contributed by atoms with Gasteiger partial charge in [-0.15, -0.1) is 0 Å². The first-order valence-corrected chi connectivity index (χ1v) is 9.40. The average molecular weight is 343 g/mol. The van der Waals surface area contributed by atoms with E-state index in [2.05, 4.69) is 49.0 Å². The van der Waals surface area contributed by atoms with E-state index in [0.29, 0.717) is 18.0 Å². The maximum absolute atomic E-state index is 5.17. The molecule has 2 bridgehead atoms. The van der Waals surface area contributed by atoms with E-state index >= 15 is 0 Å². The molecule has 1 aromatic rings. The molecule has 4 rings (SSSR count). The fourth-order valence-electron chi connectivity index (χ4n) is 4.17. The van der Waals surface area contributed by atoms with Crippen LogP contribution in [0.15, 0.2) is 35.5 Å². The van der Waals surface area contributed by atoms with Crippen molar-refractivity contribution < 1.29 is 9.22 Å². The first-order valence-electron chi connectivity index (χ1n) is 9.40. The minimum Gasteiger partial charge on any atom is -0.481 e. The lowest BCUT2D eigenvalue weighted by atomic mass is 9.83. The van der Waals surface area contributed by atoms with E-state index in [0.717, 1.165) is 42.9 Å².